The maximum absolute atomic E-state index is 12.0. The second-order valence-electron chi connectivity index (χ2n) is 4.18. The van der Waals surface area contributed by atoms with E-state index in [2.05, 4.69) is 5.32 Å². The van der Waals surface area contributed by atoms with Gasteiger partial charge in [0, 0.05) is 12.1 Å². The molecule has 0 bridgehead atoms. The van der Waals surface area contributed by atoms with Crippen LogP contribution in [0.25, 0.3) is 0 Å². The minimum absolute atomic E-state index is 0.246. The maximum atomic E-state index is 12.0. The van der Waals surface area contributed by atoms with Crippen molar-refractivity contribution in [3.63, 3.8) is 0 Å². The molecule has 0 radical (unpaired) electrons. The maximum Gasteiger partial charge on any atom is 0.327 e. The van der Waals surface area contributed by atoms with Crippen molar-refractivity contribution in [3.05, 3.63) is 29.8 Å². The van der Waals surface area contributed by atoms with Gasteiger partial charge in [-0.2, -0.15) is 0 Å². The van der Waals surface area contributed by atoms with Crippen LogP contribution in [0.2, 0.25) is 0 Å². The van der Waals surface area contributed by atoms with E-state index in [0.717, 1.165) is 10.5 Å². The van der Waals surface area contributed by atoms with Crippen molar-refractivity contribution in [1.29, 1.82) is 0 Å². The molecule has 2 rings (SSSR count). The summed E-state index contributed by atoms with van der Waals surface area (Å²) < 4.78 is 0. The first-order chi connectivity index (χ1) is 9.00. The fourth-order valence-electron chi connectivity index (χ4n) is 2.08. The van der Waals surface area contributed by atoms with E-state index in [4.69, 9.17) is 10.8 Å². The Morgan fingerprint density at radius 3 is 2.68 bits per heavy atom. The van der Waals surface area contributed by atoms with Crippen LogP contribution in [0.5, 0.6) is 0 Å². The van der Waals surface area contributed by atoms with E-state index in [1.54, 1.807) is 24.3 Å². The zero-order chi connectivity index (χ0) is 14.0. The smallest absolute Gasteiger partial charge is 0.327 e. The fraction of sp³-hybridized carbons (Fsp3) is 0.250. The molecule has 1 aromatic rings. The predicted molar refractivity (Wildman–Crippen MR) is 66.6 cm³/mol. The van der Waals surface area contributed by atoms with Crippen LogP contribution < -0.4 is 16.0 Å². The normalized spacial score (nSPS) is 16.8. The van der Waals surface area contributed by atoms with Crippen molar-refractivity contribution < 1.29 is 19.5 Å². The lowest BCUT2D eigenvalue weighted by Gasteiger charge is -2.22. The molecule has 7 heteroatoms. The van der Waals surface area contributed by atoms with Gasteiger partial charge in [0.05, 0.1) is 6.54 Å². The number of aliphatic carboxylic acids is 1. The summed E-state index contributed by atoms with van der Waals surface area (Å²) in [5, 5.41) is 11.5. The molecular formula is C12H13N3O4. The summed E-state index contributed by atoms with van der Waals surface area (Å²) in [6, 6.07) is 5.33. The van der Waals surface area contributed by atoms with E-state index < -0.39 is 23.9 Å². The fourth-order valence-corrected chi connectivity index (χ4v) is 2.08. The first-order valence-corrected chi connectivity index (χ1v) is 5.67. The molecule has 7 nitrogen and oxygen atoms in total. The monoisotopic (exact) mass is 263 g/mol. The van der Waals surface area contributed by atoms with Gasteiger partial charge in [0.1, 0.15) is 6.04 Å². The van der Waals surface area contributed by atoms with Crippen LogP contribution in [-0.4, -0.2) is 35.6 Å². The third-order valence-corrected chi connectivity index (χ3v) is 2.89. The standard InChI is InChI=1S/C12H13N3O4/c13-10(16)6-14-12(19)15-8-4-2-1-3-7(8)5-9(15)11(17)18/h1-4,9H,5-6H2,(H2,13,16)(H,14,19)(H,17,18). The molecule has 1 aromatic carbocycles. The average molecular weight is 263 g/mol. The molecule has 0 aliphatic carbocycles. The topological polar surface area (TPSA) is 113 Å². The number of nitrogens with one attached hydrogen (secondary N) is 1. The Morgan fingerprint density at radius 1 is 1.37 bits per heavy atom. The highest BCUT2D eigenvalue weighted by molar-refractivity contribution is 6.01. The summed E-state index contributed by atoms with van der Waals surface area (Å²) in [6.07, 6.45) is 0.246. The van der Waals surface area contributed by atoms with Crippen LogP contribution in [0, 0.1) is 0 Å². The van der Waals surface area contributed by atoms with E-state index >= 15 is 0 Å². The van der Waals surface area contributed by atoms with Crippen LogP contribution in [-0.2, 0) is 16.0 Å². The number of hydrogen-bond donors (Lipinski definition) is 3. The Labute approximate surface area is 109 Å². The highest BCUT2D eigenvalue weighted by atomic mass is 16.4. The van der Waals surface area contributed by atoms with Crippen LogP contribution in [0.15, 0.2) is 24.3 Å². The van der Waals surface area contributed by atoms with Gasteiger partial charge in [0.2, 0.25) is 5.91 Å². The molecule has 1 aliphatic heterocycles. The number of rotatable bonds is 3. The minimum atomic E-state index is -1.09. The summed E-state index contributed by atoms with van der Waals surface area (Å²) >= 11 is 0. The number of nitrogens with zero attached hydrogens (tertiary/aromatic N) is 1. The van der Waals surface area contributed by atoms with E-state index in [9.17, 15) is 14.4 Å². The number of fused-ring (bicyclic) bond motifs is 1. The van der Waals surface area contributed by atoms with Crippen LogP contribution in [0.3, 0.4) is 0 Å². The number of anilines is 1. The molecule has 0 saturated heterocycles. The van der Waals surface area contributed by atoms with E-state index in [1.165, 1.54) is 0 Å². The summed E-state index contributed by atoms with van der Waals surface area (Å²) in [5.41, 5.74) is 6.26. The average Bonchev–Trinajstić information content (AvgIpc) is 2.75. The zero-order valence-corrected chi connectivity index (χ0v) is 10.00. The van der Waals surface area contributed by atoms with Gasteiger partial charge >= 0.3 is 12.0 Å². The molecule has 1 aliphatic rings. The van der Waals surface area contributed by atoms with Gasteiger partial charge in [0.25, 0.3) is 0 Å². The summed E-state index contributed by atoms with van der Waals surface area (Å²) in [5.74, 6) is -1.78. The number of amides is 3. The molecule has 4 N–H and O–H groups in total. The SMILES string of the molecule is NC(=O)CNC(=O)N1c2ccccc2CC1C(=O)O. The lowest BCUT2D eigenvalue weighted by molar-refractivity contribution is -0.138. The van der Waals surface area contributed by atoms with Crippen LogP contribution in [0.4, 0.5) is 10.5 Å². The van der Waals surface area contributed by atoms with E-state index in [1.807, 2.05) is 0 Å². The Balaban J connectivity index is 2.26. The number of carboxylic acids is 1. The van der Waals surface area contributed by atoms with Gasteiger partial charge in [0.15, 0.2) is 0 Å². The molecule has 0 aromatic heterocycles. The number of hydrogen-bond acceptors (Lipinski definition) is 3. The Morgan fingerprint density at radius 2 is 2.05 bits per heavy atom. The molecular weight excluding hydrogens is 250 g/mol. The van der Waals surface area contributed by atoms with Gasteiger partial charge < -0.3 is 16.2 Å². The molecule has 1 unspecified atom stereocenters. The first-order valence-electron chi connectivity index (χ1n) is 5.67. The molecule has 1 atom stereocenters. The highest BCUT2D eigenvalue weighted by Gasteiger charge is 2.38. The molecule has 100 valence electrons. The number of carbonyl (C=O) groups excluding carboxylic acids is 2. The minimum Gasteiger partial charge on any atom is -0.480 e. The largest absolute Gasteiger partial charge is 0.480 e. The van der Waals surface area contributed by atoms with Crippen molar-refractivity contribution in [2.24, 2.45) is 5.73 Å². The summed E-state index contributed by atoms with van der Waals surface area (Å²) in [4.78, 5) is 35.0. The number of carbonyl (C=O) groups is 3. The Bertz CT molecular complexity index is 544. The van der Waals surface area contributed by atoms with Crippen molar-refractivity contribution in [2.45, 2.75) is 12.5 Å². The molecule has 0 fully saturated rings. The van der Waals surface area contributed by atoms with Gasteiger partial charge in [-0.1, -0.05) is 18.2 Å². The van der Waals surface area contributed by atoms with Crippen molar-refractivity contribution in [1.82, 2.24) is 5.32 Å². The van der Waals surface area contributed by atoms with Crippen LogP contribution >= 0.6 is 0 Å². The number of primary amides is 1. The number of carboxylic acid groups (broad SMARTS) is 1. The number of para-hydroxylation sites is 1. The van der Waals surface area contributed by atoms with Gasteiger partial charge in [-0.25, -0.2) is 9.59 Å². The van der Waals surface area contributed by atoms with E-state index in [0.29, 0.717) is 5.69 Å². The van der Waals surface area contributed by atoms with Crippen molar-refractivity contribution in [2.75, 3.05) is 11.4 Å². The van der Waals surface area contributed by atoms with Crippen molar-refractivity contribution >= 4 is 23.6 Å². The Kier molecular flexibility index (Phi) is 3.37. The third kappa shape index (κ3) is 2.49. The molecule has 3 amide bonds. The number of benzene rings is 1. The van der Waals surface area contributed by atoms with Gasteiger partial charge in [-0.05, 0) is 11.6 Å². The van der Waals surface area contributed by atoms with E-state index in [-0.39, 0.29) is 13.0 Å². The molecule has 0 saturated carbocycles. The second-order valence-corrected chi connectivity index (χ2v) is 4.18. The molecule has 19 heavy (non-hydrogen) atoms. The lowest BCUT2D eigenvalue weighted by atomic mass is 10.1. The van der Waals surface area contributed by atoms with Crippen molar-refractivity contribution in [3.8, 4) is 0 Å². The first kappa shape index (κ1) is 12.9. The molecule has 0 spiro atoms. The lowest BCUT2D eigenvalue weighted by Crippen LogP contribution is -2.49. The van der Waals surface area contributed by atoms with Crippen LogP contribution in [0.1, 0.15) is 5.56 Å². The zero-order valence-electron chi connectivity index (χ0n) is 10.00. The van der Waals surface area contributed by atoms with Gasteiger partial charge in [-0.3, -0.25) is 9.69 Å². The second kappa shape index (κ2) is 4.97. The number of urea groups is 1. The predicted octanol–water partition coefficient (Wildman–Crippen LogP) is -0.303. The van der Waals surface area contributed by atoms with Gasteiger partial charge in [-0.15, -0.1) is 0 Å². The quantitative estimate of drug-likeness (QED) is 0.694. The number of nitrogens with two attached hydrogens (primary N) is 1. The highest BCUT2D eigenvalue weighted by Crippen LogP contribution is 2.31. The molecule has 1 heterocycles. The summed E-state index contributed by atoms with van der Waals surface area (Å²) in [7, 11) is 0. The third-order valence-electron chi connectivity index (χ3n) is 2.89. The summed E-state index contributed by atoms with van der Waals surface area (Å²) in [6.45, 7) is -0.330. The Hall–Kier alpha value is -2.57.